The Morgan fingerprint density at radius 2 is 2.09 bits per heavy atom. The fraction of sp³-hybridized carbons (Fsp3) is 0.300. The Labute approximate surface area is 66.7 Å². The van der Waals surface area contributed by atoms with Crippen molar-refractivity contribution >= 4 is 0 Å². The van der Waals surface area contributed by atoms with Gasteiger partial charge in [-0.1, -0.05) is 24.3 Å². The molecule has 0 amide bonds. The SMILES string of the molecule is O[C@H]1CC[CH]c2ccccc21. The Balaban J connectivity index is 2.44. The zero-order chi connectivity index (χ0) is 7.68. The molecule has 0 aliphatic heterocycles. The molecule has 0 fully saturated rings. The smallest absolute Gasteiger partial charge is 0.0793 e. The van der Waals surface area contributed by atoms with Crippen molar-refractivity contribution in [3.8, 4) is 0 Å². The second-order valence-corrected chi connectivity index (χ2v) is 2.93. The first-order chi connectivity index (χ1) is 5.38. The van der Waals surface area contributed by atoms with Gasteiger partial charge in [0.1, 0.15) is 0 Å². The average molecular weight is 147 g/mol. The van der Waals surface area contributed by atoms with E-state index < -0.39 is 0 Å². The molecule has 1 heteroatoms. The van der Waals surface area contributed by atoms with Crippen molar-refractivity contribution in [3.05, 3.63) is 41.8 Å². The lowest BCUT2D eigenvalue weighted by molar-refractivity contribution is 0.162. The van der Waals surface area contributed by atoms with Gasteiger partial charge in [0.2, 0.25) is 0 Å². The lowest BCUT2D eigenvalue weighted by Crippen LogP contribution is -2.06. The highest BCUT2D eigenvalue weighted by atomic mass is 16.3. The summed E-state index contributed by atoms with van der Waals surface area (Å²) in [6.07, 6.45) is 3.81. The molecular formula is C10H11O. The standard InChI is InChI=1S/C10H11O/c11-10-7-3-5-8-4-1-2-6-9(8)10/h1-2,4-6,10-11H,3,7H2/t10-/m0/s1. The van der Waals surface area contributed by atoms with Crippen LogP contribution >= 0.6 is 0 Å². The number of aliphatic hydroxyl groups is 1. The van der Waals surface area contributed by atoms with E-state index in [1.807, 2.05) is 18.2 Å². The maximum absolute atomic E-state index is 9.54. The van der Waals surface area contributed by atoms with Crippen LogP contribution < -0.4 is 0 Å². The number of rotatable bonds is 0. The molecule has 0 bridgehead atoms. The fourth-order valence-corrected chi connectivity index (χ4v) is 1.55. The van der Waals surface area contributed by atoms with Crippen molar-refractivity contribution in [2.75, 3.05) is 0 Å². The van der Waals surface area contributed by atoms with Gasteiger partial charge in [-0.15, -0.1) is 0 Å². The lowest BCUT2D eigenvalue weighted by atomic mass is 9.90. The van der Waals surface area contributed by atoms with E-state index in [1.165, 1.54) is 5.56 Å². The molecule has 0 heterocycles. The molecule has 57 valence electrons. The van der Waals surface area contributed by atoms with Gasteiger partial charge in [0.05, 0.1) is 6.10 Å². The minimum absolute atomic E-state index is 0.240. The summed E-state index contributed by atoms with van der Waals surface area (Å²) in [4.78, 5) is 0. The third kappa shape index (κ3) is 1.16. The number of aliphatic hydroxyl groups excluding tert-OH is 1. The molecule has 1 aliphatic carbocycles. The highest BCUT2D eigenvalue weighted by Gasteiger charge is 2.16. The number of hydrogen-bond donors (Lipinski definition) is 1. The van der Waals surface area contributed by atoms with Crippen molar-refractivity contribution in [2.24, 2.45) is 0 Å². The molecule has 1 aromatic carbocycles. The summed E-state index contributed by atoms with van der Waals surface area (Å²) in [6.45, 7) is 0. The molecule has 0 saturated heterocycles. The van der Waals surface area contributed by atoms with Crippen molar-refractivity contribution in [1.29, 1.82) is 0 Å². The monoisotopic (exact) mass is 147 g/mol. The molecule has 0 saturated carbocycles. The summed E-state index contributed by atoms with van der Waals surface area (Å²) < 4.78 is 0. The molecule has 1 aromatic rings. The minimum atomic E-state index is -0.240. The van der Waals surface area contributed by atoms with Gasteiger partial charge in [-0.2, -0.15) is 0 Å². The Hall–Kier alpha value is -0.820. The van der Waals surface area contributed by atoms with Crippen molar-refractivity contribution < 1.29 is 5.11 Å². The van der Waals surface area contributed by atoms with E-state index >= 15 is 0 Å². The van der Waals surface area contributed by atoms with E-state index in [-0.39, 0.29) is 6.10 Å². The molecule has 1 aliphatic rings. The van der Waals surface area contributed by atoms with Crippen molar-refractivity contribution in [1.82, 2.24) is 0 Å². The van der Waals surface area contributed by atoms with E-state index in [0.717, 1.165) is 18.4 Å². The van der Waals surface area contributed by atoms with Crippen LogP contribution in [0.5, 0.6) is 0 Å². The minimum Gasteiger partial charge on any atom is -0.388 e. The van der Waals surface area contributed by atoms with Gasteiger partial charge >= 0.3 is 0 Å². The van der Waals surface area contributed by atoms with E-state index in [1.54, 1.807) is 0 Å². The Kier molecular flexibility index (Phi) is 1.66. The van der Waals surface area contributed by atoms with E-state index in [9.17, 15) is 5.11 Å². The number of fused-ring (bicyclic) bond motifs is 1. The van der Waals surface area contributed by atoms with Crippen LogP contribution in [0.4, 0.5) is 0 Å². The molecule has 0 aromatic heterocycles. The Morgan fingerprint density at radius 1 is 1.27 bits per heavy atom. The van der Waals surface area contributed by atoms with E-state index in [4.69, 9.17) is 0 Å². The highest BCUT2D eigenvalue weighted by Crippen LogP contribution is 2.29. The van der Waals surface area contributed by atoms with Gasteiger partial charge in [0.15, 0.2) is 0 Å². The number of benzene rings is 1. The van der Waals surface area contributed by atoms with Gasteiger partial charge in [-0.25, -0.2) is 0 Å². The van der Waals surface area contributed by atoms with Gasteiger partial charge in [-0.05, 0) is 30.4 Å². The zero-order valence-corrected chi connectivity index (χ0v) is 6.33. The van der Waals surface area contributed by atoms with Crippen LogP contribution in [0, 0.1) is 6.42 Å². The molecule has 1 N–H and O–H groups in total. The second kappa shape index (κ2) is 2.67. The largest absolute Gasteiger partial charge is 0.388 e. The molecule has 0 spiro atoms. The molecule has 1 nitrogen and oxygen atoms in total. The van der Waals surface area contributed by atoms with Crippen molar-refractivity contribution in [3.63, 3.8) is 0 Å². The topological polar surface area (TPSA) is 20.2 Å². The van der Waals surface area contributed by atoms with Crippen LogP contribution in [0.3, 0.4) is 0 Å². The van der Waals surface area contributed by atoms with Crippen LogP contribution in [0.25, 0.3) is 0 Å². The fourth-order valence-electron chi connectivity index (χ4n) is 1.55. The first kappa shape index (κ1) is 6.86. The van der Waals surface area contributed by atoms with Gasteiger partial charge in [0, 0.05) is 0 Å². The quantitative estimate of drug-likeness (QED) is 0.595. The highest BCUT2D eigenvalue weighted by molar-refractivity contribution is 5.36. The second-order valence-electron chi connectivity index (χ2n) is 2.93. The molecule has 1 radical (unpaired) electrons. The lowest BCUT2D eigenvalue weighted by Gasteiger charge is -2.20. The van der Waals surface area contributed by atoms with Crippen molar-refractivity contribution in [2.45, 2.75) is 18.9 Å². The molecule has 2 rings (SSSR count). The number of hydrogen-bond acceptors (Lipinski definition) is 1. The zero-order valence-electron chi connectivity index (χ0n) is 6.33. The third-order valence-electron chi connectivity index (χ3n) is 2.16. The van der Waals surface area contributed by atoms with Crippen LogP contribution in [-0.4, -0.2) is 5.11 Å². The van der Waals surface area contributed by atoms with Gasteiger partial charge < -0.3 is 5.11 Å². The first-order valence-corrected chi connectivity index (χ1v) is 3.98. The van der Waals surface area contributed by atoms with Crippen LogP contribution in [0.2, 0.25) is 0 Å². The summed E-state index contributed by atoms with van der Waals surface area (Å²) in [7, 11) is 0. The van der Waals surface area contributed by atoms with E-state index in [2.05, 4.69) is 12.5 Å². The predicted octanol–water partition coefficient (Wildman–Crippen LogP) is 2.07. The maximum Gasteiger partial charge on any atom is 0.0793 e. The molecular weight excluding hydrogens is 136 g/mol. The van der Waals surface area contributed by atoms with Gasteiger partial charge in [-0.3, -0.25) is 0 Å². The summed E-state index contributed by atoms with van der Waals surface area (Å²) >= 11 is 0. The third-order valence-corrected chi connectivity index (χ3v) is 2.16. The van der Waals surface area contributed by atoms with Crippen LogP contribution in [0.1, 0.15) is 30.1 Å². The normalized spacial score (nSPS) is 22.8. The first-order valence-electron chi connectivity index (χ1n) is 3.98. The summed E-state index contributed by atoms with van der Waals surface area (Å²) in [5.74, 6) is 0. The molecule has 11 heavy (non-hydrogen) atoms. The van der Waals surface area contributed by atoms with Crippen LogP contribution in [-0.2, 0) is 0 Å². The average Bonchev–Trinajstić information content (AvgIpc) is 2.06. The van der Waals surface area contributed by atoms with E-state index in [0.29, 0.717) is 0 Å². The summed E-state index contributed by atoms with van der Waals surface area (Å²) in [6, 6.07) is 8.03. The summed E-state index contributed by atoms with van der Waals surface area (Å²) in [5.41, 5.74) is 2.28. The molecule has 1 atom stereocenters. The molecule has 0 unspecified atom stereocenters. The Morgan fingerprint density at radius 3 is 2.91 bits per heavy atom. The maximum atomic E-state index is 9.54. The summed E-state index contributed by atoms with van der Waals surface area (Å²) in [5, 5.41) is 9.54. The van der Waals surface area contributed by atoms with Crippen LogP contribution in [0.15, 0.2) is 24.3 Å². The Bertz CT molecular complexity index is 255. The van der Waals surface area contributed by atoms with Gasteiger partial charge in [0.25, 0.3) is 0 Å². The predicted molar refractivity (Wildman–Crippen MR) is 44.0 cm³/mol.